The summed E-state index contributed by atoms with van der Waals surface area (Å²) in [6.45, 7) is 0.457. The first-order valence-electron chi connectivity index (χ1n) is 5.53. The number of benzene rings is 1. The second-order valence-corrected chi connectivity index (χ2v) is 4.36. The summed E-state index contributed by atoms with van der Waals surface area (Å²) < 4.78 is 38.5. The van der Waals surface area contributed by atoms with E-state index in [-0.39, 0.29) is 12.4 Å². The van der Waals surface area contributed by atoms with Crippen molar-refractivity contribution in [2.45, 2.75) is 12.6 Å². The molecule has 1 aromatic heterocycles. The predicted molar refractivity (Wildman–Crippen MR) is 73.6 cm³/mol. The van der Waals surface area contributed by atoms with Crippen molar-refractivity contribution in [1.29, 1.82) is 0 Å². The summed E-state index contributed by atoms with van der Waals surface area (Å²) in [5, 5.41) is 3.94. The normalized spacial score (nSPS) is 11.2. The first kappa shape index (κ1) is 16.8. The maximum Gasteiger partial charge on any atom is 0.435 e. The number of rotatable bonds is 3. The molecule has 20 heavy (non-hydrogen) atoms. The Balaban J connectivity index is 0.00000200. The van der Waals surface area contributed by atoms with E-state index in [4.69, 9.17) is 17.3 Å². The van der Waals surface area contributed by atoms with E-state index in [1.807, 2.05) is 0 Å². The van der Waals surface area contributed by atoms with Crippen molar-refractivity contribution in [3.05, 3.63) is 46.7 Å². The lowest BCUT2D eigenvalue weighted by Crippen LogP contribution is -2.07. The number of nitrogens with zero attached hydrogens (tertiary/aromatic N) is 2. The van der Waals surface area contributed by atoms with Crippen LogP contribution >= 0.6 is 24.0 Å². The summed E-state index contributed by atoms with van der Waals surface area (Å²) in [7, 11) is 0. The molecule has 1 heterocycles. The molecular weight excluding hydrogens is 314 g/mol. The lowest BCUT2D eigenvalue weighted by molar-refractivity contribution is -0.141. The van der Waals surface area contributed by atoms with Gasteiger partial charge in [0, 0.05) is 11.2 Å². The van der Waals surface area contributed by atoms with Crippen molar-refractivity contribution in [3.63, 3.8) is 0 Å². The number of alkyl halides is 3. The summed E-state index contributed by atoms with van der Waals surface area (Å²) in [5.74, 6) is 0. The van der Waals surface area contributed by atoms with Crippen LogP contribution in [0.4, 0.5) is 13.2 Å². The van der Waals surface area contributed by atoms with Gasteiger partial charge in [0.1, 0.15) is 0 Å². The molecule has 0 spiro atoms. The van der Waals surface area contributed by atoms with Gasteiger partial charge in [-0.25, -0.2) is 4.68 Å². The summed E-state index contributed by atoms with van der Waals surface area (Å²) in [6.07, 6.45) is -2.59. The standard InChI is InChI=1S/C12H11ClF3N3.ClH/c13-10-7-9(2-1-8(10)3-5-17)19-6-4-11(18-19)12(14,15)16;/h1-2,4,6-7H,3,5,17H2;1H. The average molecular weight is 326 g/mol. The molecule has 0 aliphatic carbocycles. The lowest BCUT2D eigenvalue weighted by atomic mass is 10.1. The van der Waals surface area contributed by atoms with Crippen LogP contribution in [-0.2, 0) is 12.6 Å². The van der Waals surface area contributed by atoms with Gasteiger partial charge >= 0.3 is 6.18 Å². The summed E-state index contributed by atoms with van der Waals surface area (Å²) in [5.41, 5.74) is 5.82. The van der Waals surface area contributed by atoms with Crippen molar-refractivity contribution < 1.29 is 13.2 Å². The fourth-order valence-electron chi connectivity index (χ4n) is 1.66. The molecule has 0 aliphatic heterocycles. The zero-order chi connectivity index (χ0) is 14.0. The third-order valence-corrected chi connectivity index (χ3v) is 2.95. The molecule has 0 saturated carbocycles. The smallest absolute Gasteiger partial charge is 0.330 e. The zero-order valence-electron chi connectivity index (χ0n) is 10.2. The van der Waals surface area contributed by atoms with Gasteiger partial charge in [0.2, 0.25) is 0 Å². The van der Waals surface area contributed by atoms with Gasteiger partial charge in [-0.2, -0.15) is 18.3 Å². The minimum atomic E-state index is -4.45. The molecule has 2 aromatic rings. The molecule has 0 radical (unpaired) electrons. The Bertz CT molecular complexity index is 582. The molecular formula is C12H12Cl2F3N3. The molecule has 8 heteroatoms. The van der Waals surface area contributed by atoms with Gasteiger partial charge in [0.15, 0.2) is 5.69 Å². The molecule has 0 atom stereocenters. The zero-order valence-corrected chi connectivity index (χ0v) is 11.8. The van der Waals surface area contributed by atoms with Crippen molar-refractivity contribution in [2.75, 3.05) is 6.54 Å². The van der Waals surface area contributed by atoms with E-state index >= 15 is 0 Å². The first-order valence-corrected chi connectivity index (χ1v) is 5.91. The molecule has 1 aromatic carbocycles. The highest BCUT2D eigenvalue weighted by molar-refractivity contribution is 6.31. The third-order valence-electron chi connectivity index (χ3n) is 2.59. The summed E-state index contributed by atoms with van der Waals surface area (Å²) in [6, 6.07) is 5.88. The minimum Gasteiger partial charge on any atom is -0.330 e. The molecule has 0 fully saturated rings. The highest BCUT2D eigenvalue weighted by Gasteiger charge is 2.33. The molecule has 2 rings (SSSR count). The van der Waals surface area contributed by atoms with Crippen LogP contribution < -0.4 is 5.73 Å². The number of aromatic nitrogens is 2. The van der Waals surface area contributed by atoms with Crippen LogP contribution in [0.3, 0.4) is 0 Å². The average Bonchev–Trinajstić information content (AvgIpc) is 2.81. The molecule has 3 nitrogen and oxygen atoms in total. The first-order chi connectivity index (χ1) is 8.91. The van der Waals surface area contributed by atoms with Crippen molar-refractivity contribution in [2.24, 2.45) is 5.73 Å². The second kappa shape index (κ2) is 6.47. The van der Waals surface area contributed by atoms with Gasteiger partial charge in [-0.1, -0.05) is 17.7 Å². The van der Waals surface area contributed by atoms with E-state index in [9.17, 15) is 13.2 Å². The summed E-state index contributed by atoms with van der Waals surface area (Å²) in [4.78, 5) is 0. The van der Waals surface area contributed by atoms with E-state index in [0.29, 0.717) is 23.7 Å². The van der Waals surface area contributed by atoms with Crippen molar-refractivity contribution >= 4 is 24.0 Å². The van der Waals surface area contributed by atoms with E-state index < -0.39 is 11.9 Å². The Morgan fingerprint density at radius 1 is 1.25 bits per heavy atom. The molecule has 0 aliphatic rings. The molecule has 0 amide bonds. The van der Waals surface area contributed by atoms with E-state index in [2.05, 4.69) is 5.10 Å². The maximum absolute atomic E-state index is 12.4. The number of hydrogen-bond acceptors (Lipinski definition) is 2. The monoisotopic (exact) mass is 325 g/mol. The van der Waals surface area contributed by atoms with Gasteiger partial charge in [-0.15, -0.1) is 12.4 Å². The largest absolute Gasteiger partial charge is 0.435 e. The van der Waals surface area contributed by atoms with Gasteiger partial charge in [0.25, 0.3) is 0 Å². The van der Waals surface area contributed by atoms with E-state index in [1.165, 1.54) is 6.20 Å². The quantitative estimate of drug-likeness (QED) is 0.939. The Kier molecular flexibility index (Phi) is 5.44. The molecule has 2 N–H and O–H groups in total. The number of hydrogen-bond donors (Lipinski definition) is 1. The van der Waals surface area contributed by atoms with Crippen LogP contribution in [-0.4, -0.2) is 16.3 Å². The highest BCUT2D eigenvalue weighted by Crippen LogP contribution is 2.28. The molecule has 110 valence electrons. The molecule has 0 unspecified atom stereocenters. The minimum absolute atomic E-state index is 0. The summed E-state index contributed by atoms with van der Waals surface area (Å²) >= 11 is 6.04. The van der Waals surface area contributed by atoms with Crippen molar-refractivity contribution in [3.8, 4) is 5.69 Å². The fraction of sp³-hybridized carbons (Fsp3) is 0.250. The third kappa shape index (κ3) is 3.65. The van der Waals surface area contributed by atoms with Gasteiger partial charge in [-0.3, -0.25) is 0 Å². The van der Waals surface area contributed by atoms with E-state index in [0.717, 1.165) is 16.3 Å². The van der Waals surface area contributed by atoms with E-state index in [1.54, 1.807) is 18.2 Å². The Morgan fingerprint density at radius 3 is 2.45 bits per heavy atom. The Hall–Kier alpha value is -1.24. The Labute approximate surface area is 124 Å². The lowest BCUT2D eigenvalue weighted by Gasteiger charge is -2.07. The topological polar surface area (TPSA) is 43.8 Å². The van der Waals surface area contributed by atoms with Gasteiger partial charge in [-0.05, 0) is 36.7 Å². The van der Waals surface area contributed by atoms with Gasteiger partial charge in [0.05, 0.1) is 5.69 Å². The van der Waals surface area contributed by atoms with Gasteiger partial charge < -0.3 is 5.73 Å². The number of nitrogens with two attached hydrogens (primary N) is 1. The van der Waals surface area contributed by atoms with Crippen LogP contribution in [0.2, 0.25) is 5.02 Å². The molecule has 0 saturated heterocycles. The molecule has 0 bridgehead atoms. The number of halogens is 5. The predicted octanol–water partition coefficient (Wildman–Crippen LogP) is 3.47. The van der Waals surface area contributed by atoms with Crippen LogP contribution in [0.25, 0.3) is 5.69 Å². The SMILES string of the molecule is Cl.NCCc1ccc(-n2ccc(C(F)(F)F)n2)cc1Cl. The van der Waals surface area contributed by atoms with Crippen LogP contribution in [0.1, 0.15) is 11.3 Å². The van der Waals surface area contributed by atoms with Crippen molar-refractivity contribution in [1.82, 2.24) is 9.78 Å². The fourth-order valence-corrected chi connectivity index (χ4v) is 1.93. The Morgan fingerprint density at radius 2 is 1.95 bits per heavy atom. The second-order valence-electron chi connectivity index (χ2n) is 3.96. The highest BCUT2D eigenvalue weighted by atomic mass is 35.5. The van der Waals surface area contributed by atoms with Crippen LogP contribution in [0, 0.1) is 0 Å². The maximum atomic E-state index is 12.4. The van der Waals surface area contributed by atoms with Crippen LogP contribution in [0.5, 0.6) is 0 Å². The van der Waals surface area contributed by atoms with Crippen LogP contribution in [0.15, 0.2) is 30.5 Å².